The third-order valence-corrected chi connectivity index (χ3v) is 5.42. The second-order valence-electron chi connectivity index (χ2n) is 5.91. The fourth-order valence-electron chi connectivity index (χ4n) is 3.00. The van der Waals surface area contributed by atoms with Crippen molar-refractivity contribution in [2.75, 3.05) is 37.4 Å². The van der Waals surface area contributed by atoms with Crippen LogP contribution >= 0.6 is 11.3 Å². The summed E-state index contributed by atoms with van der Waals surface area (Å²) >= 11 is 1.55. The molecule has 1 aliphatic carbocycles. The Morgan fingerprint density at radius 2 is 2.25 bits per heavy atom. The molecular weight excluding hydrogens is 270 g/mol. The van der Waals surface area contributed by atoms with Crippen molar-refractivity contribution >= 4 is 22.0 Å². The fraction of sp³-hybridized carbons (Fsp3) is 0.667. The van der Waals surface area contributed by atoms with Crippen molar-refractivity contribution in [3.05, 3.63) is 10.4 Å². The van der Waals surface area contributed by atoms with E-state index in [2.05, 4.69) is 18.0 Å². The zero-order valence-corrected chi connectivity index (χ0v) is 12.7. The number of hydrogen-bond donors (Lipinski definition) is 1. The molecule has 2 N–H and O–H groups in total. The molecule has 0 aromatic carbocycles. The van der Waals surface area contributed by atoms with E-state index in [0.29, 0.717) is 16.7 Å². The van der Waals surface area contributed by atoms with Crippen LogP contribution in [0.5, 0.6) is 0 Å². The topological polar surface area (TPSA) is 62.3 Å². The average molecular weight is 291 g/mol. The van der Waals surface area contributed by atoms with Gasteiger partial charge in [0, 0.05) is 25.8 Å². The van der Waals surface area contributed by atoms with E-state index in [1.54, 1.807) is 11.3 Å². The number of ether oxygens (including phenoxy) is 1. The molecule has 2 fully saturated rings. The predicted octanol–water partition coefficient (Wildman–Crippen LogP) is 2.94. The smallest absolute Gasteiger partial charge is 0.130 e. The molecule has 1 unspecified atom stereocenters. The summed E-state index contributed by atoms with van der Waals surface area (Å²) in [7, 11) is 2.12. The van der Waals surface area contributed by atoms with E-state index in [9.17, 15) is 5.26 Å². The van der Waals surface area contributed by atoms with Crippen molar-refractivity contribution in [3.63, 3.8) is 0 Å². The molecule has 2 aliphatic rings. The van der Waals surface area contributed by atoms with Gasteiger partial charge in [-0.15, -0.1) is 11.3 Å². The van der Waals surface area contributed by atoms with E-state index in [-0.39, 0.29) is 0 Å². The molecule has 1 aromatic heterocycles. The first kappa shape index (κ1) is 13.7. The van der Waals surface area contributed by atoms with Crippen LogP contribution in [0.4, 0.5) is 10.7 Å². The number of nitrogens with two attached hydrogens (primary N) is 1. The molecule has 0 amide bonds. The fourth-order valence-corrected chi connectivity index (χ4v) is 4.07. The highest BCUT2D eigenvalue weighted by Gasteiger charge is 2.33. The second kappa shape index (κ2) is 5.63. The Bertz CT molecular complexity index is 524. The summed E-state index contributed by atoms with van der Waals surface area (Å²) in [5.74, 6) is 1.17. The Morgan fingerprint density at radius 3 is 2.85 bits per heavy atom. The molecule has 5 heteroatoms. The van der Waals surface area contributed by atoms with Gasteiger partial charge in [-0.2, -0.15) is 5.26 Å². The number of anilines is 2. The third kappa shape index (κ3) is 2.63. The standard InChI is InChI=1S/C15H21N3OS/c1-18(8-10-3-2-6-19-9-10)15-13(11-4-5-11)14(17)12(7-16)20-15/h10-11H,2-6,8-9,17H2,1H3. The first-order chi connectivity index (χ1) is 9.70. The Hall–Kier alpha value is -1.25. The highest BCUT2D eigenvalue weighted by atomic mass is 32.1. The van der Waals surface area contributed by atoms with Crippen LogP contribution in [0, 0.1) is 17.2 Å². The maximum absolute atomic E-state index is 9.20. The Morgan fingerprint density at radius 1 is 1.45 bits per heavy atom. The predicted molar refractivity (Wildman–Crippen MR) is 82.2 cm³/mol. The highest BCUT2D eigenvalue weighted by Crippen LogP contribution is 2.51. The van der Waals surface area contributed by atoms with Crippen molar-refractivity contribution in [1.29, 1.82) is 5.26 Å². The summed E-state index contributed by atoms with van der Waals surface area (Å²) in [6, 6.07) is 2.24. The lowest BCUT2D eigenvalue weighted by Gasteiger charge is -2.28. The van der Waals surface area contributed by atoms with Gasteiger partial charge in [-0.3, -0.25) is 0 Å². The summed E-state index contributed by atoms with van der Waals surface area (Å²) in [6.07, 6.45) is 4.80. The van der Waals surface area contributed by atoms with Gasteiger partial charge in [0.15, 0.2) is 0 Å². The molecule has 0 bridgehead atoms. The highest BCUT2D eigenvalue weighted by molar-refractivity contribution is 7.17. The number of nitrogen functional groups attached to an aromatic ring is 1. The summed E-state index contributed by atoms with van der Waals surface area (Å²) in [5.41, 5.74) is 8.11. The second-order valence-corrected chi connectivity index (χ2v) is 6.91. The van der Waals surface area contributed by atoms with Gasteiger partial charge in [-0.25, -0.2) is 0 Å². The quantitative estimate of drug-likeness (QED) is 0.926. The molecule has 1 saturated carbocycles. The number of hydrogen-bond acceptors (Lipinski definition) is 5. The maximum atomic E-state index is 9.20. The summed E-state index contributed by atoms with van der Waals surface area (Å²) in [4.78, 5) is 2.96. The molecule has 108 valence electrons. The van der Waals surface area contributed by atoms with Gasteiger partial charge < -0.3 is 15.4 Å². The number of nitrogens with zero attached hydrogens (tertiary/aromatic N) is 2. The lowest BCUT2D eigenvalue weighted by atomic mass is 10.0. The summed E-state index contributed by atoms with van der Waals surface area (Å²) < 4.78 is 5.56. The molecule has 0 spiro atoms. The third-order valence-electron chi connectivity index (χ3n) is 4.18. The van der Waals surface area contributed by atoms with Crippen LogP contribution in [-0.4, -0.2) is 26.8 Å². The maximum Gasteiger partial charge on any atom is 0.130 e. The van der Waals surface area contributed by atoms with Gasteiger partial charge >= 0.3 is 0 Å². The van der Waals surface area contributed by atoms with Crippen molar-refractivity contribution in [2.45, 2.75) is 31.6 Å². The van der Waals surface area contributed by atoms with Gasteiger partial charge in [0.05, 0.1) is 17.3 Å². The molecule has 3 rings (SSSR count). The molecule has 4 nitrogen and oxygen atoms in total. The number of thiophene rings is 1. The molecule has 1 aliphatic heterocycles. The Labute approximate surface area is 124 Å². The molecule has 1 aromatic rings. The number of nitriles is 1. The van der Waals surface area contributed by atoms with E-state index in [1.165, 1.54) is 29.8 Å². The van der Waals surface area contributed by atoms with Crippen LogP contribution in [0.15, 0.2) is 0 Å². The molecule has 2 heterocycles. The lowest BCUT2D eigenvalue weighted by molar-refractivity contribution is 0.0577. The molecular formula is C15H21N3OS. The molecule has 20 heavy (non-hydrogen) atoms. The Kier molecular flexibility index (Phi) is 3.86. The zero-order valence-electron chi connectivity index (χ0n) is 11.9. The monoisotopic (exact) mass is 291 g/mol. The van der Waals surface area contributed by atoms with Crippen molar-refractivity contribution in [2.24, 2.45) is 5.92 Å². The average Bonchev–Trinajstić information content (AvgIpc) is 3.23. The molecule has 1 saturated heterocycles. The minimum absolute atomic E-state index is 0.577. The minimum Gasteiger partial charge on any atom is -0.397 e. The van der Waals surface area contributed by atoms with Crippen molar-refractivity contribution in [3.8, 4) is 6.07 Å². The van der Waals surface area contributed by atoms with E-state index in [0.717, 1.165) is 31.9 Å². The normalized spacial score (nSPS) is 22.5. The largest absolute Gasteiger partial charge is 0.397 e. The zero-order chi connectivity index (χ0) is 14.1. The van der Waals surface area contributed by atoms with Gasteiger partial charge in [0.25, 0.3) is 0 Å². The van der Waals surface area contributed by atoms with Crippen molar-refractivity contribution in [1.82, 2.24) is 0 Å². The first-order valence-electron chi connectivity index (χ1n) is 7.31. The first-order valence-corrected chi connectivity index (χ1v) is 8.13. The minimum atomic E-state index is 0.577. The molecule has 1 atom stereocenters. The van der Waals surface area contributed by atoms with E-state index < -0.39 is 0 Å². The van der Waals surface area contributed by atoms with Crippen molar-refractivity contribution < 1.29 is 4.74 Å². The van der Waals surface area contributed by atoms with Gasteiger partial charge in [-0.1, -0.05) is 0 Å². The summed E-state index contributed by atoms with van der Waals surface area (Å²) in [5, 5.41) is 10.4. The van der Waals surface area contributed by atoms with E-state index >= 15 is 0 Å². The van der Waals surface area contributed by atoms with Gasteiger partial charge in [0.1, 0.15) is 10.9 Å². The van der Waals surface area contributed by atoms with Crippen LogP contribution in [0.3, 0.4) is 0 Å². The number of rotatable bonds is 4. The SMILES string of the molecule is CN(CC1CCCOC1)c1sc(C#N)c(N)c1C1CC1. The van der Waals surface area contributed by atoms with Crippen LogP contribution in [0.25, 0.3) is 0 Å². The van der Waals surface area contributed by atoms with Crippen LogP contribution < -0.4 is 10.6 Å². The van der Waals surface area contributed by atoms with E-state index in [1.807, 2.05) is 0 Å². The Balaban J connectivity index is 1.79. The van der Waals surface area contributed by atoms with Crippen LogP contribution in [0.2, 0.25) is 0 Å². The van der Waals surface area contributed by atoms with Crippen LogP contribution in [-0.2, 0) is 4.74 Å². The molecule has 0 radical (unpaired) electrons. The van der Waals surface area contributed by atoms with Gasteiger partial charge in [0.2, 0.25) is 0 Å². The lowest BCUT2D eigenvalue weighted by Crippen LogP contribution is -2.30. The van der Waals surface area contributed by atoms with Gasteiger partial charge in [-0.05, 0) is 37.5 Å². The summed E-state index contributed by atoms with van der Waals surface area (Å²) in [6.45, 7) is 2.75. The van der Waals surface area contributed by atoms with E-state index in [4.69, 9.17) is 10.5 Å². The van der Waals surface area contributed by atoms with Crippen LogP contribution in [0.1, 0.15) is 42.0 Å².